The van der Waals surface area contributed by atoms with Gasteiger partial charge in [-0.2, -0.15) is 0 Å². The zero-order chi connectivity index (χ0) is 17.0. The van der Waals surface area contributed by atoms with Crippen molar-refractivity contribution < 1.29 is 14.3 Å². The van der Waals surface area contributed by atoms with Gasteiger partial charge in [-0.25, -0.2) is 4.79 Å². The number of carbonyl (C=O) groups is 2. The number of hydrogen-bond donors (Lipinski definition) is 1. The topological polar surface area (TPSA) is 55.4 Å². The fourth-order valence-electron chi connectivity index (χ4n) is 1.70. The van der Waals surface area contributed by atoms with Gasteiger partial charge in [0.05, 0.1) is 16.3 Å². The molecule has 0 radical (unpaired) electrons. The summed E-state index contributed by atoms with van der Waals surface area (Å²) in [5, 5.41) is 3.82. The lowest BCUT2D eigenvalue weighted by molar-refractivity contribution is -0.123. The number of ether oxygens (including phenoxy) is 1. The monoisotopic (exact) mass is 371 g/mol. The van der Waals surface area contributed by atoms with Crippen molar-refractivity contribution in [1.29, 1.82) is 0 Å². The molecule has 0 heterocycles. The van der Waals surface area contributed by atoms with E-state index in [9.17, 15) is 9.59 Å². The van der Waals surface area contributed by atoms with E-state index in [1.807, 2.05) is 0 Å². The molecular formula is C16H12Cl3NO3. The largest absolute Gasteiger partial charge is 0.449 e. The fourth-order valence-corrected chi connectivity index (χ4v) is 2.16. The van der Waals surface area contributed by atoms with Gasteiger partial charge in [0.2, 0.25) is 0 Å². The lowest BCUT2D eigenvalue weighted by Gasteiger charge is -2.14. The van der Waals surface area contributed by atoms with Gasteiger partial charge in [0.1, 0.15) is 0 Å². The van der Waals surface area contributed by atoms with E-state index in [2.05, 4.69) is 5.32 Å². The van der Waals surface area contributed by atoms with E-state index in [0.717, 1.165) is 0 Å². The summed E-state index contributed by atoms with van der Waals surface area (Å²) in [6, 6.07) is 10.8. The molecule has 2 aromatic carbocycles. The maximum atomic E-state index is 12.1. The molecule has 23 heavy (non-hydrogen) atoms. The molecule has 1 atom stereocenters. The molecule has 0 fully saturated rings. The molecule has 0 unspecified atom stereocenters. The molecule has 1 amide bonds. The molecule has 120 valence electrons. The second-order valence-electron chi connectivity index (χ2n) is 4.67. The SMILES string of the molecule is C[C@H](OC(=O)c1ccc(Cl)cc1)C(=O)Nc1cc(Cl)ccc1Cl. The van der Waals surface area contributed by atoms with Crippen molar-refractivity contribution in [2.24, 2.45) is 0 Å². The van der Waals surface area contributed by atoms with E-state index < -0.39 is 18.0 Å². The maximum Gasteiger partial charge on any atom is 0.338 e. The highest BCUT2D eigenvalue weighted by Crippen LogP contribution is 2.25. The third kappa shape index (κ3) is 4.86. The van der Waals surface area contributed by atoms with Crippen LogP contribution in [0, 0.1) is 0 Å². The van der Waals surface area contributed by atoms with Gasteiger partial charge in [0.25, 0.3) is 5.91 Å². The van der Waals surface area contributed by atoms with Crippen molar-refractivity contribution in [3.63, 3.8) is 0 Å². The molecule has 0 spiro atoms. The number of rotatable bonds is 4. The highest BCUT2D eigenvalue weighted by molar-refractivity contribution is 6.35. The zero-order valence-corrected chi connectivity index (χ0v) is 14.2. The minimum atomic E-state index is -1.01. The Kier molecular flexibility index (Phi) is 5.88. The second-order valence-corrected chi connectivity index (χ2v) is 5.95. The first-order valence-electron chi connectivity index (χ1n) is 6.59. The summed E-state index contributed by atoms with van der Waals surface area (Å²) in [5.41, 5.74) is 0.647. The van der Waals surface area contributed by atoms with Crippen molar-refractivity contribution in [1.82, 2.24) is 0 Å². The third-order valence-electron chi connectivity index (χ3n) is 2.92. The summed E-state index contributed by atoms with van der Waals surface area (Å²) in [4.78, 5) is 24.0. The lowest BCUT2D eigenvalue weighted by atomic mass is 10.2. The molecule has 2 aromatic rings. The number of halogens is 3. The van der Waals surface area contributed by atoms with E-state index in [1.54, 1.807) is 24.3 Å². The molecule has 0 saturated carbocycles. The summed E-state index contributed by atoms with van der Waals surface area (Å²) in [5.74, 6) is -1.14. The van der Waals surface area contributed by atoms with E-state index >= 15 is 0 Å². The number of benzene rings is 2. The quantitative estimate of drug-likeness (QED) is 0.782. The summed E-state index contributed by atoms with van der Waals surface area (Å²) in [6.45, 7) is 1.46. The van der Waals surface area contributed by atoms with E-state index in [4.69, 9.17) is 39.5 Å². The molecular weight excluding hydrogens is 361 g/mol. The van der Waals surface area contributed by atoms with Gasteiger partial charge < -0.3 is 10.1 Å². The minimum Gasteiger partial charge on any atom is -0.449 e. The Hall–Kier alpha value is -1.75. The number of amides is 1. The summed E-state index contributed by atoms with van der Waals surface area (Å²) < 4.78 is 5.11. The molecule has 2 rings (SSSR count). The Bertz CT molecular complexity index is 732. The first-order chi connectivity index (χ1) is 10.9. The number of carbonyl (C=O) groups excluding carboxylic acids is 2. The van der Waals surface area contributed by atoms with Crippen LogP contribution in [0.25, 0.3) is 0 Å². The van der Waals surface area contributed by atoms with Gasteiger partial charge in [0, 0.05) is 10.0 Å². The molecule has 0 aliphatic heterocycles. The van der Waals surface area contributed by atoms with Gasteiger partial charge in [-0.15, -0.1) is 0 Å². The van der Waals surface area contributed by atoms with Gasteiger partial charge in [-0.05, 0) is 49.4 Å². The number of esters is 1. The molecule has 0 saturated heterocycles. The molecule has 1 N–H and O–H groups in total. The lowest BCUT2D eigenvalue weighted by Crippen LogP contribution is -2.30. The minimum absolute atomic E-state index is 0.301. The zero-order valence-electron chi connectivity index (χ0n) is 12.0. The van der Waals surface area contributed by atoms with E-state index in [-0.39, 0.29) is 0 Å². The van der Waals surface area contributed by atoms with Crippen LogP contribution in [0.1, 0.15) is 17.3 Å². The molecule has 0 bridgehead atoms. The average Bonchev–Trinajstić information content (AvgIpc) is 2.51. The van der Waals surface area contributed by atoms with Gasteiger partial charge >= 0.3 is 5.97 Å². The highest BCUT2D eigenvalue weighted by atomic mass is 35.5. The average molecular weight is 373 g/mol. The summed E-state index contributed by atoms with van der Waals surface area (Å²) >= 11 is 17.6. The standard InChI is InChI=1S/C16H12Cl3NO3/c1-9(23-16(22)10-2-4-11(17)5-3-10)15(21)20-14-8-12(18)6-7-13(14)19/h2-9H,1H3,(H,20,21)/t9-/m0/s1. The molecule has 7 heteroatoms. The molecule has 0 aliphatic rings. The molecule has 0 aromatic heterocycles. The van der Waals surface area contributed by atoms with Crippen LogP contribution in [0.5, 0.6) is 0 Å². The maximum absolute atomic E-state index is 12.1. The van der Waals surface area contributed by atoms with Gasteiger partial charge in [0.15, 0.2) is 6.10 Å². The Labute approximate surface area is 148 Å². The van der Waals surface area contributed by atoms with Crippen LogP contribution in [0.15, 0.2) is 42.5 Å². The number of hydrogen-bond acceptors (Lipinski definition) is 3. The van der Waals surface area contributed by atoms with E-state index in [1.165, 1.54) is 25.1 Å². The third-order valence-corrected chi connectivity index (χ3v) is 3.74. The van der Waals surface area contributed by atoms with Crippen molar-refractivity contribution in [2.75, 3.05) is 5.32 Å². The van der Waals surface area contributed by atoms with Crippen LogP contribution in [-0.2, 0) is 9.53 Å². The predicted molar refractivity (Wildman–Crippen MR) is 91.4 cm³/mol. The molecule has 4 nitrogen and oxygen atoms in total. The van der Waals surface area contributed by atoms with Gasteiger partial charge in [-0.3, -0.25) is 4.79 Å². The van der Waals surface area contributed by atoms with Crippen molar-refractivity contribution in [3.05, 3.63) is 63.1 Å². The highest BCUT2D eigenvalue weighted by Gasteiger charge is 2.20. The Morgan fingerprint density at radius 2 is 1.61 bits per heavy atom. The van der Waals surface area contributed by atoms with Crippen molar-refractivity contribution in [2.45, 2.75) is 13.0 Å². The van der Waals surface area contributed by atoms with Crippen LogP contribution in [0.4, 0.5) is 5.69 Å². The Balaban J connectivity index is 2.01. The van der Waals surface area contributed by atoms with Gasteiger partial charge in [-0.1, -0.05) is 34.8 Å². The van der Waals surface area contributed by atoms with Crippen LogP contribution >= 0.6 is 34.8 Å². The number of anilines is 1. The Morgan fingerprint density at radius 1 is 1.00 bits per heavy atom. The first kappa shape index (κ1) is 17.6. The molecule has 0 aliphatic carbocycles. The predicted octanol–water partition coefficient (Wildman–Crippen LogP) is 4.83. The van der Waals surface area contributed by atoms with Crippen LogP contribution in [0.3, 0.4) is 0 Å². The van der Waals surface area contributed by atoms with Crippen LogP contribution < -0.4 is 5.32 Å². The van der Waals surface area contributed by atoms with Crippen LogP contribution in [-0.4, -0.2) is 18.0 Å². The van der Waals surface area contributed by atoms with Crippen LogP contribution in [0.2, 0.25) is 15.1 Å². The van der Waals surface area contributed by atoms with E-state index in [0.29, 0.717) is 26.3 Å². The smallest absolute Gasteiger partial charge is 0.338 e. The van der Waals surface area contributed by atoms with Crippen molar-refractivity contribution in [3.8, 4) is 0 Å². The summed E-state index contributed by atoms with van der Waals surface area (Å²) in [7, 11) is 0. The fraction of sp³-hybridized carbons (Fsp3) is 0.125. The normalized spacial score (nSPS) is 11.7. The summed E-state index contributed by atoms with van der Waals surface area (Å²) in [6.07, 6.45) is -1.01. The number of nitrogens with one attached hydrogen (secondary N) is 1. The first-order valence-corrected chi connectivity index (χ1v) is 7.72. The Morgan fingerprint density at radius 3 is 2.26 bits per heavy atom. The van der Waals surface area contributed by atoms with Crippen molar-refractivity contribution >= 4 is 52.4 Å². The second kappa shape index (κ2) is 7.68.